The van der Waals surface area contributed by atoms with Gasteiger partial charge < -0.3 is 5.11 Å². The number of phenolic OH excluding ortho intramolecular Hbond substituents is 1. The van der Waals surface area contributed by atoms with Crippen LogP contribution in [0.15, 0.2) is 18.2 Å². The molecule has 2 aromatic rings. The summed E-state index contributed by atoms with van der Waals surface area (Å²) in [4.78, 5) is 0.120. The molecule has 2 rings (SSSR count). The largest absolute Gasteiger partial charge is 0.506 e. The monoisotopic (exact) mass is 153 g/mol. The van der Waals surface area contributed by atoms with E-state index in [0.717, 1.165) is 0 Å². The molecule has 0 bridgehead atoms. The quantitative estimate of drug-likeness (QED) is 0.610. The number of fused-ring (bicyclic) bond motifs is 1. The van der Waals surface area contributed by atoms with Crippen LogP contribution >= 0.6 is 0 Å². The lowest BCUT2D eigenvalue weighted by Crippen LogP contribution is -1.82. The average Bonchev–Trinajstić information content (AvgIpc) is 2.35. The second-order valence-electron chi connectivity index (χ2n) is 2.09. The third-order valence-corrected chi connectivity index (χ3v) is 1.42. The van der Waals surface area contributed by atoms with Crippen LogP contribution in [0.5, 0.6) is 5.75 Å². The van der Waals surface area contributed by atoms with Gasteiger partial charge in [-0.15, -0.1) is 5.10 Å². The van der Waals surface area contributed by atoms with Gasteiger partial charge in [0.1, 0.15) is 11.3 Å². The lowest BCUT2D eigenvalue weighted by Gasteiger charge is -1.89. The van der Waals surface area contributed by atoms with Gasteiger partial charge in [0, 0.05) is 0 Å². The molecule has 1 N–H and O–H groups in total. The first-order valence-electron chi connectivity index (χ1n) is 2.98. The highest BCUT2D eigenvalue weighted by molar-refractivity contribution is 5.80. The molecule has 0 aliphatic rings. The lowest BCUT2D eigenvalue weighted by atomic mass is 10.3. The summed E-state index contributed by atoms with van der Waals surface area (Å²) in [5, 5.41) is 15.6. The summed E-state index contributed by atoms with van der Waals surface area (Å²) in [5.74, 6) is -0.0635. The summed E-state index contributed by atoms with van der Waals surface area (Å²) in [7, 11) is 0. The van der Waals surface area contributed by atoms with Crippen molar-refractivity contribution in [3.05, 3.63) is 18.2 Å². The lowest BCUT2D eigenvalue weighted by molar-refractivity contribution is 0.321. The van der Waals surface area contributed by atoms with Crippen LogP contribution < -0.4 is 0 Å². The first-order chi connectivity index (χ1) is 5.29. The van der Waals surface area contributed by atoms with Crippen molar-refractivity contribution in [1.29, 1.82) is 0 Å². The molecule has 0 saturated heterocycles. The van der Waals surface area contributed by atoms with Crippen molar-refractivity contribution in [2.75, 3.05) is 0 Å². The van der Waals surface area contributed by atoms with Crippen LogP contribution in [0.3, 0.4) is 0 Å². The summed E-state index contributed by atoms with van der Waals surface area (Å²) >= 11 is 0. The number of nitrogens with zero attached hydrogens (tertiary/aromatic N) is 3. The van der Waals surface area contributed by atoms with E-state index in [-0.39, 0.29) is 21.7 Å². The molecule has 0 fully saturated rings. The topological polar surface area (TPSA) is 50.9 Å². The summed E-state index contributed by atoms with van der Waals surface area (Å²) in [6, 6.07) is 4.43. The molecule has 0 unspecified atom stereocenters. The van der Waals surface area contributed by atoms with Crippen molar-refractivity contribution in [2.24, 2.45) is 0 Å². The highest BCUT2D eigenvalue weighted by Crippen LogP contribution is 2.20. The number of hydrogen-bond donors (Lipinski definition) is 1. The van der Waals surface area contributed by atoms with Crippen LogP contribution in [0.2, 0.25) is 0 Å². The minimum Gasteiger partial charge on any atom is -0.506 e. The molecule has 0 aliphatic carbocycles. The summed E-state index contributed by atoms with van der Waals surface area (Å²) in [5.41, 5.74) is 0.347. The molecule has 0 saturated carbocycles. The van der Waals surface area contributed by atoms with Crippen LogP contribution in [-0.4, -0.2) is 20.3 Å². The Morgan fingerprint density at radius 2 is 2.27 bits per heavy atom. The van der Waals surface area contributed by atoms with Gasteiger partial charge in [-0.2, -0.15) is 0 Å². The van der Waals surface area contributed by atoms with Crippen LogP contribution in [-0.2, 0) is 0 Å². The Kier molecular flexibility index (Phi) is 1.06. The SMILES string of the molecule is Oc1cccc2c1nnn2F. The van der Waals surface area contributed by atoms with E-state index in [0.29, 0.717) is 0 Å². The maximum atomic E-state index is 12.6. The van der Waals surface area contributed by atoms with E-state index in [9.17, 15) is 4.48 Å². The Morgan fingerprint density at radius 1 is 1.45 bits per heavy atom. The maximum absolute atomic E-state index is 12.6. The fourth-order valence-electron chi connectivity index (χ4n) is 0.903. The van der Waals surface area contributed by atoms with Crippen molar-refractivity contribution in [3.8, 4) is 5.75 Å². The fourth-order valence-corrected chi connectivity index (χ4v) is 0.903. The van der Waals surface area contributed by atoms with Gasteiger partial charge in [-0.05, 0) is 17.3 Å². The van der Waals surface area contributed by atoms with Crippen LogP contribution in [0.1, 0.15) is 0 Å². The van der Waals surface area contributed by atoms with Gasteiger partial charge >= 0.3 is 0 Å². The molecule has 0 spiro atoms. The molecule has 0 radical (unpaired) electrons. The predicted octanol–water partition coefficient (Wildman–Crippen LogP) is 0.869. The Hall–Kier alpha value is -1.65. The third-order valence-electron chi connectivity index (χ3n) is 1.42. The number of phenols is 1. The number of aromatic nitrogens is 3. The van der Waals surface area contributed by atoms with Gasteiger partial charge in [-0.3, -0.25) is 0 Å². The van der Waals surface area contributed by atoms with Gasteiger partial charge in [-0.25, -0.2) is 0 Å². The minimum absolute atomic E-state index is 0.0635. The van der Waals surface area contributed by atoms with Gasteiger partial charge in [0.25, 0.3) is 0 Å². The molecule has 1 aromatic heterocycles. The first-order valence-corrected chi connectivity index (χ1v) is 2.98. The Bertz CT molecular complexity index is 398. The summed E-state index contributed by atoms with van der Waals surface area (Å²) in [6.45, 7) is 0. The fraction of sp³-hybridized carbons (Fsp3) is 0. The van der Waals surface area contributed by atoms with Crippen LogP contribution in [0.25, 0.3) is 11.0 Å². The van der Waals surface area contributed by atoms with Crippen molar-refractivity contribution in [1.82, 2.24) is 15.2 Å². The summed E-state index contributed by atoms with van der Waals surface area (Å²) < 4.78 is 12.6. The van der Waals surface area contributed by atoms with Gasteiger partial charge in [0.05, 0.1) is 0 Å². The van der Waals surface area contributed by atoms with E-state index in [1.54, 1.807) is 0 Å². The molecule has 0 amide bonds. The van der Waals surface area contributed by atoms with Crippen molar-refractivity contribution in [3.63, 3.8) is 0 Å². The molecule has 56 valence electrons. The highest BCUT2D eigenvalue weighted by atomic mass is 19.2. The molecular formula is C6H4FN3O. The first kappa shape index (κ1) is 6.09. The second-order valence-corrected chi connectivity index (χ2v) is 2.09. The Morgan fingerprint density at radius 3 is 3.00 bits per heavy atom. The zero-order valence-corrected chi connectivity index (χ0v) is 5.40. The zero-order valence-electron chi connectivity index (χ0n) is 5.40. The minimum atomic E-state index is -0.0635. The molecular weight excluding hydrogens is 149 g/mol. The Balaban J connectivity index is 2.94. The predicted molar refractivity (Wildman–Crippen MR) is 35.7 cm³/mol. The Labute approximate surface area is 60.8 Å². The number of benzene rings is 1. The third kappa shape index (κ3) is 0.739. The average molecular weight is 153 g/mol. The van der Waals surface area contributed by atoms with Gasteiger partial charge in [0.2, 0.25) is 0 Å². The van der Waals surface area contributed by atoms with Crippen molar-refractivity contribution >= 4 is 11.0 Å². The standard InChI is InChI=1S/C6H4FN3O/c7-10-4-2-1-3-5(11)6(4)8-9-10/h1-3,11H. The van der Waals surface area contributed by atoms with Crippen molar-refractivity contribution in [2.45, 2.75) is 0 Å². The molecule has 4 nitrogen and oxygen atoms in total. The zero-order chi connectivity index (χ0) is 7.84. The highest BCUT2D eigenvalue weighted by Gasteiger charge is 2.05. The molecule has 1 heterocycles. The van der Waals surface area contributed by atoms with Crippen LogP contribution in [0.4, 0.5) is 4.48 Å². The van der Waals surface area contributed by atoms with E-state index in [4.69, 9.17) is 5.11 Å². The number of halogens is 1. The molecule has 1 aromatic carbocycles. The normalized spacial score (nSPS) is 10.6. The van der Waals surface area contributed by atoms with Crippen molar-refractivity contribution < 1.29 is 9.59 Å². The van der Waals surface area contributed by atoms with E-state index in [1.165, 1.54) is 18.2 Å². The van der Waals surface area contributed by atoms with E-state index >= 15 is 0 Å². The number of rotatable bonds is 0. The van der Waals surface area contributed by atoms with E-state index in [2.05, 4.69) is 10.3 Å². The maximum Gasteiger partial charge on any atom is 0.157 e. The molecule has 11 heavy (non-hydrogen) atoms. The van der Waals surface area contributed by atoms with Crippen LogP contribution in [0, 0.1) is 0 Å². The van der Waals surface area contributed by atoms with Gasteiger partial charge in [-0.1, -0.05) is 15.5 Å². The smallest absolute Gasteiger partial charge is 0.157 e. The van der Waals surface area contributed by atoms with Gasteiger partial charge in [0.15, 0.2) is 5.52 Å². The molecule has 5 heteroatoms. The molecule has 0 atom stereocenters. The van der Waals surface area contributed by atoms with E-state index in [1.807, 2.05) is 0 Å². The van der Waals surface area contributed by atoms with E-state index < -0.39 is 0 Å². The molecule has 0 aliphatic heterocycles. The number of aromatic hydroxyl groups is 1. The number of hydrogen-bond acceptors (Lipinski definition) is 3. The second kappa shape index (κ2) is 1.91. The summed E-state index contributed by atoms with van der Waals surface area (Å²) in [6.07, 6.45) is 0.